The van der Waals surface area contributed by atoms with Crippen molar-refractivity contribution in [3.8, 4) is 0 Å². The van der Waals surface area contributed by atoms with Gasteiger partial charge in [-0.3, -0.25) is 0 Å². The summed E-state index contributed by atoms with van der Waals surface area (Å²) in [4.78, 5) is 0. The van der Waals surface area contributed by atoms with Gasteiger partial charge in [0.1, 0.15) is 0 Å². The van der Waals surface area contributed by atoms with Crippen molar-refractivity contribution in [1.82, 2.24) is 5.32 Å². The zero-order valence-electron chi connectivity index (χ0n) is 11.3. The molecule has 1 N–H and O–H groups in total. The highest BCUT2D eigenvalue weighted by Gasteiger charge is 2.10. The Morgan fingerprint density at radius 2 is 2.12 bits per heavy atom. The molecule has 0 saturated carbocycles. The van der Waals surface area contributed by atoms with Gasteiger partial charge in [-0.1, -0.05) is 38.1 Å². The van der Waals surface area contributed by atoms with Crippen LogP contribution in [0.25, 0.3) is 0 Å². The minimum Gasteiger partial charge on any atom is -0.385 e. The Balaban J connectivity index is 2.71. The SMILES string of the molecule is CCCNC(CCOC)c1cccc(CC)c1. The predicted octanol–water partition coefficient (Wildman–Crippen LogP) is 3.33. The van der Waals surface area contributed by atoms with Crippen molar-refractivity contribution < 1.29 is 4.74 Å². The van der Waals surface area contributed by atoms with Crippen LogP contribution in [-0.4, -0.2) is 20.3 Å². The van der Waals surface area contributed by atoms with E-state index < -0.39 is 0 Å². The second kappa shape index (κ2) is 8.26. The van der Waals surface area contributed by atoms with Crippen LogP contribution < -0.4 is 5.32 Å². The lowest BCUT2D eigenvalue weighted by Gasteiger charge is -2.19. The first-order valence-corrected chi connectivity index (χ1v) is 6.63. The molecule has 0 saturated heterocycles. The molecule has 96 valence electrons. The first kappa shape index (κ1) is 14.2. The van der Waals surface area contributed by atoms with Crippen molar-refractivity contribution in [3.05, 3.63) is 35.4 Å². The molecule has 1 aromatic rings. The Labute approximate surface area is 105 Å². The molecule has 0 aliphatic carbocycles. The Bertz CT molecular complexity index is 304. The third kappa shape index (κ3) is 4.88. The molecular weight excluding hydrogens is 210 g/mol. The Hall–Kier alpha value is -0.860. The molecule has 0 heterocycles. The van der Waals surface area contributed by atoms with E-state index >= 15 is 0 Å². The minimum absolute atomic E-state index is 0.418. The number of rotatable bonds is 8. The quantitative estimate of drug-likeness (QED) is 0.746. The fraction of sp³-hybridized carbons (Fsp3) is 0.600. The van der Waals surface area contributed by atoms with E-state index in [1.807, 2.05) is 0 Å². The van der Waals surface area contributed by atoms with Crippen LogP contribution in [-0.2, 0) is 11.2 Å². The zero-order chi connectivity index (χ0) is 12.5. The second-order valence-corrected chi connectivity index (χ2v) is 4.39. The van der Waals surface area contributed by atoms with E-state index in [1.54, 1.807) is 7.11 Å². The molecular formula is C15H25NO. The first-order chi connectivity index (χ1) is 8.31. The van der Waals surface area contributed by atoms with Crippen LogP contribution in [0.2, 0.25) is 0 Å². The van der Waals surface area contributed by atoms with Crippen LogP contribution in [0.4, 0.5) is 0 Å². The Morgan fingerprint density at radius 1 is 1.29 bits per heavy atom. The third-order valence-corrected chi connectivity index (χ3v) is 3.01. The average molecular weight is 235 g/mol. The molecule has 1 rings (SSSR count). The molecule has 0 fully saturated rings. The predicted molar refractivity (Wildman–Crippen MR) is 73.3 cm³/mol. The van der Waals surface area contributed by atoms with Gasteiger partial charge >= 0.3 is 0 Å². The molecule has 0 aromatic heterocycles. The zero-order valence-corrected chi connectivity index (χ0v) is 11.3. The number of benzene rings is 1. The normalized spacial score (nSPS) is 12.6. The number of aryl methyl sites for hydroxylation is 1. The van der Waals surface area contributed by atoms with Crippen molar-refractivity contribution in [3.63, 3.8) is 0 Å². The molecule has 0 radical (unpaired) electrons. The van der Waals surface area contributed by atoms with Gasteiger partial charge in [-0.2, -0.15) is 0 Å². The Morgan fingerprint density at radius 3 is 2.76 bits per heavy atom. The summed E-state index contributed by atoms with van der Waals surface area (Å²) in [6, 6.07) is 9.28. The number of nitrogens with one attached hydrogen (secondary N) is 1. The summed E-state index contributed by atoms with van der Waals surface area (Å²) < 4.78 is 5.19. The molecule has 1 atom stereocenters. The standard InChI is InChI=1S/C15H25NO/c1-4-10-16-15(9-11-17-3)14-8-6-7-13(5-2)12-14/h6-8,12,15-16H,4-5,9-11H2,1-3H3. The van der Waals surface area contributed by atoms with Crippen molar-refractivity contribution in [2.45, 2.75) is 39.2 Å². The second-order valence-electron chi connectivity index (χ2n) is 4.39. The van der Waals surface area contributed by atoms with E-state index in [9.17, 15) is 0 Å². The maximum atomic E-state index is 5.19. The van der Waals surface area contributed by atoms with Crippen LogP contribution in [0.1, 0.15) is 43.9 Å². The van der Waals surface area contributed by atoms with E-state index in [2.05, 4.69) is 43.4 Å². The molecule has 2 heteroatoms. The van der Waals surface area contributed by atoms with Crippen molar-refractivity contribution in [2.75, 3.05) is 20.3 Å². The Kier molecular flexibility index (Phi) is 6.90. The van der Waals surface area contributed by atoms with Gasteiger partial charge in [0, 0.05) is 19.8 Å². The molecule has 0 spiro atoms. The molecule has 0 bridgehead atoms. The van der Waals surface area contributed by atoms with E-state index in [4.69, 9.17) is 4.74 Å². The highest BCUT2D eigenvalue weighted by atomic mass is 16.5. The lowest BCUT2D eigenvalue weighted by Crippen LogP contribution is -2.23. The smallest absolute Gasteiger partial charge is 0.0480 e. The lowest BCUT2D eigenvalue weighted by atomic mass is 10.0. The summed E-state index contributed by atoms with van der Waals surface area (Å²) in [6.07, 6.45) is 3.29. The van der Waals surface area contributed by atoms with Gasteiger partial charge in [0.05, 0.1) is 0 Å². The average Bonchev–Trinajstić information content (AvgIpc) is 2.39. The van der Waals surface area contributed by atoms with Crippen LogP contribution in [0.3, 0.4) is 0 Å². The van der Waals surface area contributed by atoms with Gasteiger partial charge in [-0.25, -0.2) is 0 Å². The topological polar surface area (TPSA) is 21.3 Å². The molecule has 17 heavy (non-hydrogen) atoms. The fourth-order valence-corrected chi connectivity index (χ4v) is 1.97. The number of methoxy groups -OCH3 is 1. The van der Waals surface area contributed by atoms with Crippen LogP contribution in [0.5, 0.6) is 0 Å². The largest absolute Gasteiger partial charge is 0.385 e. The maximum Gasteiger partial charge on any atom is 0.0480 e. The number of ether oxygens (including phenoxy) is 1. The third-order valence-electron chi connectivity index (χ3n) is 3.01. The molecule has 2 nitrogen and oxygen atoms in total. The first-order valence-electron chi connectivity index (χ1n) is 6.63. The molecule has 1 unspecified atom stereocenters. The van der Waals surface area contributed by atoms with Gasteiger partial charge in [-0.15, -0.1) is 0 Å². The lowest BCUT2D eigenvalue weighted by molar-refractivity contribution is 0.183. The van der Waals surface area contributed by atoms with Crippen molar-refractivity contribution >= 4 is 0 Å². The van der Waals surface area contributed by atoms with Crippen LogP contribution in [0, 0.1) is 0 Å². The van der Waals surface area contributed by atoms with Gasteiger partial charge in [-0.05, 0) is 36.9 Å². The van der Waals surface area contributed by atoms with Crippen LogP contribution in [0.15, 0.2) is 24.3 Å². The van der Waals surface area contributed by atoms with Crippen molar-refractivity contribution in [2.24, 2.45) is 0 Å². The van der Waals surface area contributed by atoms with E-state index in [1.165, 1.54) is 11.1 Å². The summed E-state index contributed by atoms with van der Waals surface area (Å²) >= 11 is 0. The highest BCUT2D eigenvalue weighted by Crippen LogP contribution is 2.18. The molecule has 0 aliphatic rings. The highest BCUT2D eigenvalue weighted by molar-refractivity contribution is 5.26. The molecule has 1 aromatic carbocycles. The summed E-state index contributed by atoms with van der Waals surface area (Å²) in [7, 11) is 1.76. The fourth-order valence-electron chi connectivity index (χ4n) is 1.97. The summed E-state index contributed by atoms with van der Waals surface area (Å²) in [5.74, 6) is 0. The van der Waals surface area contributed by atoms with E-state index in [-0.39, 0.29) is 0 Å². The number of hydrogen-bond acceptors (Lipinski definition) is 2. The van der Waals surface area contributed by atoms with Gasteiger partial charge in [0.25, 0.3) is 0 Å². The van der Waals surface area contributed by atoms with E-state index in [0.29, 0.717) is 6.04 Å². The number of hydrogen-bond donors (Lipinski definition) is 1. The summed E-state index contributed by atoms with van der Waals surface area (Å²) in [6.45, 7) is 6.26. The molecule has 0 amide bonds. The van der Waals surface area contributed by atoms with Crippen LogP contribution >= 0.6 is 0 Å². The monoisotopic (exact) mass is 235 g/mol. The van der Waals surface area contributed by atoms with Gasteiger partial charge in [0.2, 0.25) is 0 Å². The van der Waals surface area contributed by atoms with Gasteiger partial charge in [0.15, 0.2) is 0 Å². The summed E-state index contributed by atoms with van der Waals surface area (Å²) in [5.41, 5.74) is 2.79. The van der Waals surface area contributed by atoms with Gasteiger partial charge < -0.3 is 10.1 Å². The minimum atomic E-state index is 0.418. The summed E-state index contributed by atoms with van der Waals surface area (Å²) in [5, 5.41) is 3.59. The van der Waals surface area contributed by atoms with Crippen molar-refractivity contribution in [1.29, 1.82) is 0 Å². The maximum absolute atomic E-state index is 5.19. The van der Waals surface area contributed by atoms with E-state index in [0.717, 1.165) is 32.4 Å². The molecule has 0 aliphatic heterocycles.